The zero-order valence-corrected chi connectivity index (χ0v) is 14.9. The van der Waals surface area contributed by atoms with Crippen LogP contribution in [-0.4, -0.2) is 29.7 Å². The highest BCUT2D eigenvalue weighted by Crippen LogP contribution is 2.28. The minimum atomic E-state index is 0.587. The van der Waals surface area contributed by atoms with Crippen molar-refractivity contribution in [1.29, 1.82) is 0 Å². The summed E-state index contributed by atoms with van der Waals surface area (Å²) in [5, 5.41) is 4.29. The molecule has 0 radical (unpaired) electrons. The van der Waals surface area contributed by atoms with Crippen molar-refractivity contribution in [3.63, 3.8) is 0 Å². The molecule has 0 heterocycles. The standard InChI is InChI=1S/C20H24N2OS/c1-23-19-11-7-17(8-12-19)15-22(18-9-10-18)20(24)21-14-13-16-5-3-2-4-6-16/h2-8,11-12,18H,9-10,13-15H2,1H3,(H,21,24). The van der Waals surface area contributed by atoms with Crippen molar-refractivity contribution in [3.05, 3.63) is 65.7 Å². The molecular formula is C20H24N2OS. The molecule has 0 amide bonds. The second kappa shape index (κ2) is 8.15. The molecule has 1 saturated carbocycles. The van der Waals surface area contributed by atoms with Gasteiger partial charge in [0, 0.05) is 19.1 Å². The monoisotopic (exact) mass is 340 g/mol. The lowest BCUT2D eigenvalue weighted by atomic mass is 10.1. The third kappa shape index (κ3) is 4.71. The van der Waals surface area contributed by atoms with E-state index in [0.29, 0.717) is 6.04 Å². The molecule has 3 nitrogen and oxygen atoms in total. The van der Waals surface area contributed by atoms with Gasteiger partial charge in [-0.2, -0.15) is 0 Å². The zero-order valence-electron chi connectivity index (χ0n) is 14.1. The van der Waals surface area contributed by atoms with E-state index < -0.39 is 0 Å². The summed E-state index contributed by atoms with van der Waals surface area (Å²) in [4.78, 5) is 2.32. The fraction of sp³-hybridized carbons (Fsp3) is 0.350. The fourth-order valence-electron chi connectivity index (χ4n) is 2.74. The molecule has 4 heteroatoms. The molecule has 1 N–H and O–H groups in total. The van der Waals surface area contributed by atoms with E-state index in [-0.39, 0.29) is 0 Å². The van der Waals surface area contributed by atoms with Crippen LogP contribution < -0.4 is 10.1 Å². The molecule has 2 aromatic carbocycles. The van der Waals surface area contributed by atoms with E-state index in [2.05, 4.69) is 46.6 Å². The summed E-state index contributed by atoms with van der Waals surface area (Å²) in [7, 11) is 1.69. The molecule has 0 atom stereocenters. The van der Waals surface area contributed by atoms with Gasteiger partial charge < -0.3 is 15.0 Å². The minimum absolute atomic E-state index is 0.587. The van der Waals surface area contributed by atoms with Crippen molar-refractivity contribution >= 4 is 17.3 Å². The van der Waals surface area contributed by atoms with E-state index in [4.69, 9.17) is 17.0 Å². The Balaban J connectivity index is 1.53. The topological polar surface area (TPSA) is 24.5 Å². The van der Waals surface area contributed by atoms with E-state index in [1.165, 1.54) is 24.0 Å². The zero-order chi connectivity index (χ0) is 16.8. The summed E-state index contributed by atoms with van der Waals surface area (Å²) in [5.74, 6) is 0.889. The van der Waals surface area contributed by atoms with Crippen LogP contribution in [0.2, 0.25) is 0 Å². The average Bonchev–Trinajstić information content (AvgIpc) is 3.46. The summed E-state index contributed by atoms with van der Waals surface area (Å²) < 4.78 is 5.22. The Bertz CT molecular complexity index is 653. The maximum absolute atomic E-state index is 5.64. The van der Waals surface area contributed by atoms with Gasteiger partial charge in [0.1, 0.15) is 5.75 Å². The summed E-state index contributed by atoms with van der Waals surface area (Å²) in [6, 6.07) is 19.3. The third-order valence-electron chi connectivity index (χ3n) is 4.29. The molecule has 2 aromatic rings. The van der Waals surface area contributed by atoms with Crippen LogP contribution in [0.25, 0.3) is 0 Å². The fourth-order valence-corrected chi connectivity index (χ4v) is 3.06. The van der Waals surface area contributed by atoms with Crippen molar-refractivity contribution in [2.75, 3.05) is 13.7 Å². The molecule has 0 saturated heterocycles. The molecule has 0 bridgehead atoms. The van der Waals surface area contributed by atoms with Gasteiger partial charge in [-0.25, -0.2) is 0 Å². The second-order valence-corrected chi connectivity index (χ2v) is 6.56. The summed E-state index contributed by atoms with van der Waals surface area (Å²) in [6.45, 7) is 1.72. The molecule has 0 unspecified atom stereocenters. The lowest BCUT2D eigenvalue weighted by Crippen LogP contribution is -2.41. The van der Waals surface area contributed by atoms with Crippen molar-refractivity contribution < 1.29 is 4.74 Å². The Morgan fingerprint density at radius 3 is 2.42 bits per heavy atom. The van der Waals surface area contributed by atoms with Crippen LogP contribution in [-0.2, 0) is 13.0 Å². The normalized spacial score (nSPS) is 13.4. The number of thiocarbonyl (C=S) groups is 1. The Labute approximate surface area is 149 Å². The summed E-state index contributed by atoms with van der Waals surface area (Å²) in [6.07, 6.45) is 3.45. The van der Waals surface area contributed by atoms with Crippen LogP contribution in [0.15, 0.2) is 54.6 Å². The number of hydrogen-bond donors (Lipinski definition) is 1. The van der Waals surface area contributed by atoms with E-state index in [1.54, 1.807) is 7.11 Å². The minimum Gasteiger partial charge on any atom is -0.497 e. The van der Waals surface area contributed by atoms with Crippen LogP contribution in [0, 0.1) is 0 Å². The van der Waals surface area contributed by atoms with Crippen molar-refractivity contribution in [2.24, 2.45) is 0 Å². The largest absolute Gasteiger partial charge is 0.497 e. The third-order valence-corrected chi connectivity index (χ3v) is 4.67. The number of benzene rings is 2. The highest BCUT2D eigenvalue weighted by Gasteiger charge is 2.30. The summed E-state index contributed by atoms with van der Waals surface area (Å²) in [5.41, 5.74) is 2.59. The molecule has 0 aromatic heterocycles. The summed E-state index contributed by atoms with van der Waals surface area (Å²) >= 11 is 5.64. The van der Waals surface area contributed by atoms with Gasteiger partial charge in [0.15, 0.2) is 5.11 Å². The smallest absolute Gasteiger partial charge is 0.169 e. The molecule has 1 aliphatic rings. The van der Waals surface area contributed by atoms with E-state index in [0.717, 1.165) is 30.4 Å². The number of nitrogens with one attached hydrogen (secondary N) is 1. The Hall–Kier alpha value is -2.07. The Kier molecular flexibility index (Phi) is 5.70. The molecule has 0 spiro atoms. The molecule has 3 rings (SSSR count). The molecule has 24 heavy (non-hydrogen) atoms. The number of rotatable bonds is 7. The average molecular weight is 340 g/mol. The maximum atomic E-state index is 5.64. The van der Waals surface area contributed by atoms with Crippen LogP contribution >= 0.6 is 12.2 Å². The number of nitrogens with zero attached hydrogens (tertiary/aromatic N) is 1. The van der Waals surface area contributed by atoms with Crippen LogP contribution in [0.5, 0.6) is 5.75 Å². The van der Waals surface area contributed by atoms with Gasteiger partial charge in [-0.3, -0.25) is 0 Å². The van der Waals surface area contributed by atoms with E-state index in [1.807, 2.05) is 18.2 Å². The van der Waals surface area contributed by atoms with E-state index in [9.17, 15) is 0 Å². The first-order valence-corrected chi connectivity index (χ1v) is 8.88. The predicted molar refractivity (Wildman–Crippen MR) is 102 cm³/mol. The first kappa shape index (κ1) is 16.8. The van der Waals surface area contributed by atoms with Crippen LogP contribution in [0.1, 0.15) is 24.0 Å². The van der Waals surface area contributed by atoms with Gasteiger partial charge in [0.25, 0.3) is 0 Å². The first-order valence-electron chi connectivity index (χ1n) is 8.47. The van der Waals surface area contributed by atoms with Crippen LogP contribution in [0.4, 0.5) is 0 Å². The number of hydrogen-bond acceptors (Lipinski definition) is 2. The van der Waals surface area contributed by atoms with Gasteiger partial charge >= 0.3 is 0 Å². The lowest BCUT2D eigenvalue weighted by Gasteiger charge is -2.26. The van der Waals surface area contributed by atoms with E-state index >= 15 is 0 Å². The van der Waals surface area contributed by atoms with Gasteiger partial charge in [-0.05, 0) is 54.7 Å². The Morgan fingerprint density at radius 1 is 1.08 bits per heavy atom. The van der Waals surface area contributed by atoms with Gasteiger partial charge in [0.05, 0.1) is 7.11 Å². The second-order valence-electron chi connectivity index (χ2n) is 6.17. The molecule has 1 fully saturated rings. The van der Waals surface area contributed by atoms with Gasteiger partial charge in [-0.15, -0.1) is 0 Å². The highest BCUT2D eigenvalue weighted by molar-refractivity contribution is 7.80. The van der Waals surface area contributed by atoms with Crippen molar-refractivity contribution in [3.8, 4) is 5.75 Å². The number of methoxy groups -OCH3 is 1. The molecule has 1 aliphatic carbocycles. The molecule has 0 aliphatic heterocycles. The van der Waals surface area contributed by atoms with Crippen molar-refractivity contribution in [1.82, 2.24) is 10.2 Å². The predicted octanol–water partition coefficient (Wildman–Crippen LogP) is 3.78. The van der Waals surface area contributed by atoms with Gasteiger partial charge in [0.2, 0.25) is 0 Å². The quantitative estimate of drug-likeness (QED) is 0.775. The molecule has 126 valence electrons. The Morgan fingerprint density at radius 2 is 1.79 bits per heavy atom. The maximum Gasteiger partial charge on any atom is 0.169 e. The number of ether oxygens (including phenoxy) is 1. The van der Waals surface area contributed by atoms with Gasteiger partial charge in [-0.1, -0.05) is 42.5 Å². The van der Waals surface area contributed by atoms with Crippen LogP contribution in [0.3, 0.4) is 0 Å². The SMILES string of the molecule is COc1ccc(CN(C(=S)NCCc2ccccc2)C2CC2)cc1. The highest BCUT2D eigenvalue weighted by atomic mass is 32.1. The van der Waals surface area contributed by atoms with Crippen molar-refractivity contribution in [2.45, 2.75) is 31.8 Å². The first-order chi connectivity index (χ1) is 11.8. The molecular weight excluding hydrogens is 316 g/mol. The lowest BCUT2D eigenvalue weighted by molar-refractivity contribution is 0.394.